The number of fused-ring (bicyclic) bond motifs is 1. The lowest BCUT2D eigenvalue weighted by molar-refractivity contribution is -0.0494. The number of benzene rings is 1. The fourth-order valence-electron chi connectivity index (χ4n) is 2.49. The van der Waals surface area contributed by atoms with Crippen LogP contribution in [0.5, 0.6) is 5.75 Å². The van der Waals surface area contributed by atoms with E-state index in [-0.39, 0.29) is 16.7 Å². The summed E-state index contributed by atoms with van der Waals surface area (Å²) in [6, 6.07) is 8.05. The molecule has 0 aliphatic carbocycles. The maximum atomic E-state index is 12.6. The lowest BCUT2D eigenvalue weighted by atomic mass is 10.1. The molecule has 0 bridgehead atoms. The van der Waals surface area contributed by atoms with Crippen molar-refractivity contribution in [2.75, 3.05) is 5.32 Å². The highest BCUT2D eigenvalue weighted by Crippen LogP contribution is 2.33. The van der Waals surface area contributed by atoms with E-state index in [1.54, 1.807) is 35.8 Å². The number of aryl methyl sites for hydroxylation is 1. The van der Waals surface area contributed by atoms with Crippen LogP contribution in [0, 0.1) is 6.92 Å². The number of alkyl halides is 2. The molecule has 8 nitrogen and oxygen atoms in total. The molecule has 1 aromatic carbocycles. The lowest BCUT2D eigenvalue weighted by Gasteiger charge is -2.08. The summed E-state index contributed by atoms with van der Waals surface area (Å²) in [5.74, 6) is -0.296. The molecule has 28 heavy (non-hydrogen) atoms. The molecule has 0 radical (unpaired) electrons. The monoisotopic (exact) mass is 402 g/mol. The first kappa shape index (κ1) is 17.9. The van der Waals surface area contributed by atoms with Crippen molar-refractivity contribution in [2.45, 2.75) is 13.5 Å². The molecule has 0 spiro atoms. The maximum absolute atomic E-state index is 12.6. The summed E-state index contributed by atoms with van der Waals surface area (Å²) >= 11 is 1.14. The molecule has 4 aromatic rings. The van der Waals surface area contributed by atoms with Crippen molar-refractivity contribution in [3.63, 3.8) is 0 Å². The average molecular weight is 402 g/mol. The lowest BCUT2D eigenvalue weighted by Crippen LogP contribution is -2.13. The standard InChI is InChI=1S/C17H12F2N6O2S/c1-9-6-7-20-16-22-13(24-25(9)16)14(26)23-17-21-11(8-28-17)10-4-2-3-5-12(10)27-15(18)19/h2-8,15H,1H3,(H,21,23,26). The summed E-state index contributed by atoms with van der Waals surface area (Å²) in [6.07, 6.45) is 1.58. The highest BCUT2D eigenvalue weighted by Gasteiger charge is 2.18. The number of halogens is 2. The number of aromatic nitrogens is 5. The summed E-state index contributed by atoms with van der Waals surface area (Å²) in [5.41, 5.74) is 1.57. The molecule has 1 amide bonds. The van der Waals surface area contributed by atoms with Crippen molar-refractivity contribution >= 4 is 28.2 Å². The van der Waals surface area contributed by atoms with Gasteiger partial charge in [0.25, 0.3) is 11.7 Å². The van der Waals surface area contributed by atoms with Crippen LogP contribution in [-0.2, 0) is 0 Å². The van der Waals surface area contributed by atoms with Crippen LogP contribution in [-0.4, -0.2) is 37.1 Å². The Kier molecular flexibility index (Phi) is 4.65. The van der Waals surface area contributed by atoms with E-state index in [1.165, 1.54) is 10.6 Å². The van der Waals surface area contributed by atoms with E-state index in [1.807, 2.05) is 6.92 Å². The van der Waals surface area contributed by atoms with Crippen LogP contribution in [0.3, 0.4) is 0 Å². The first-order valence-corrected chi connectivity index (χ1v) is 8.88. The smallest absolute Gasteiger partial charge is 0.387 e. The van der Waals surface area contributed by atoms with Crippen molar-refractivity contribution in [3.05, 3.63) is 53.4 Å². The quantitative estimate of drug-likeness (QED) is 0.550. The molecule has 1 N–H and O–H groups in total. The van der Waals surface area contributed by atoms with Gasteiger partial charge in [-0.2, -0.15) is 13.8 Å². The predicted molar refractivity (Wildman–Crippen MR) is 97.7 cm³/mol. The van der Waals surface area contributed by atoms with Gasteiger partial charge in [-0.05, 0) is 25.1 Å². The number of rotatable bonds is 5. The van der Waals surface area contributed by atoms with Crippen LogP contribution in [0.1, 0.15) is 16.3 Å². The number of hydrogen-bond acceptors (Lipinski definition) is 7. The number of anilines is 1. The molecule has 142 valence electrons. The first-order chi connectivity index (χ1) is 13.5. The summed E-state index contributed by atoms with van der Waals surface area (Å²) in [6.45, 7) is -1.13. The third-order valence-electron chi connectivity index (χ3n) is 3.74. The topological polar surface area (TPSA) is 94.3 Å². The Bertz CT molecular complexity index is 1160. The molecule has 0 unspecified atom stereocenters. The average Bonchev–Trinajstić information content (AvgIpc) is 3.29. The largest absolute Gasteiger partial charge is 0.434 e. The van der Waals surface area contributed by atoms with Crippen LogP contribution in [0.2, 0.25) is 0 Å². The SMILES string of the molecule is Cc1ccnc2nc(C(=O)Nc3nc(-c4ccccc4OC(F)F)cs3)nn12. The zero-order valence-corrected chi connectivity index (χ0v) is 15.2. The fourth-order valence-corrected chi connectivity index (χ4v) is 3.19. The van der Waals surface area contributed by atoms with E-state index >= 15 is 0 Å². The number of nitrogens with zero attached hydrogens (tertiary/aromatic N) is 5. The Hall–Kier alpha value is -3.47. The Morgan fingerprint density at radius 3 is 2.86 bits per heavy atom. The van der Waals surface area contributed by atoms with Crippen LogP contribution < -0.4 is 10.1 Å². The van der Waals surface area contributed by atoms with Gasteiger partial charge in [0.05, 0.1) is 5.69 Å². The van der Waals surface area contributed by atoms with Gasteiger partial charge in [0.15, 0.2) is 5.13 Å². The van der Waals surface area contributed by atoms with E-state index in [2.05, 4.69) is 30.1 Å². The molecule has 3 aromatic heterocycles. The Morgan fingerprint density at radius 1 is 1.25 bits per heavy atom. The molecule has 11 heteroatoms. The molecule has 0 aliphatic rings. The summed E-state index contributed by atoms with van der Waals surface area (Å²) in [4.78, 5) is 24.8. The Balaban J connectivity index is 1.56. The van der Waals surface area contributed by atoms with Gasteiger partial charge >= 0.3 is 6.61 Å². The third-order valence-corrected chi connectivity index (χ3v) is 4.49. The van der Waals surface area contributed by atoms with E-state index in [4.69, 9.17) is 0 Å². The molecule has 0 saturated heterocycles. The number of hydrogen-bond donors (Lipinski definition) is 1. The van der Waals surface area contributed by atoms with Gasteiger partial charge in [-0.3, -0.25) is 10.1 Å². The zero-order valence-electron chi connectivity index (χ0n) is 14.3. The van der Waals surface area contributed by atoms with Gasteiger partial charge in [0.2, 0.25) is 5.82 Å². The number of amides is 1. The molecular weight excluding hydrogens is 390 g/mol. The Morgan fingerprint density at radius 2 is 2.07 bits per heavy atom. The van der Waals surface area contributed by atoms with E-state index in [0.29, 0.717) is 17.0 Å². The Labute approximate surface area is 160 Å². The number of ether oxygens (including phenoxy) is 1. The van der Waals surface area contributed by atoms with E-state index in [0.717, 1.165) is 17.0 Å². The zero-order chi connectivity index (χ0) is 19.7. The minimum absolute atomic E-state index is 0.00393. The number of para-hydroxylation sites is 1. The van der Waals surface area contributed by atoms with Gasteiger partial charge in [0.1, 0.15) is 5.75 Å². The molecule has 0 aliphatic heterocycles. The number of carbonyl (C=O) groups is 1. The summed E-state index contributed by atoms with van der Waals surface area (Å²) < 4.78 is 31.1. The van der Waals surface area contributed by atoms with Crippen molar-refractivity contribution < 1.29 is 18.3 Å². The second-order valence-corrected chi connectivity index (χ2v) is 6.46. The van der Waals surface area contributed by atoms with Gasteiger partial charge in [-0.1, -0.05) is 12.1 Å². The molecule has 3 heterocycles. The number of nitrogens with one attached hydrogen (secondary N) is 1. The van der Waals surface area contributed by atoms with Crippen LogP contribution in [0.4, 0.5) is 13.9 Å². The summed E-state index contributed by atoms with van der Waals surface area (Å²) in [7, 11) is 0. The minimum atomic E-state index is -2.95. The van der Waals surface area contributed by atoms with Gasteiger partial charge < -0.3 is 4.74 Å². The highest BCUT2D eigenvalue weighted by molar-refractivity contribution is 7.14. The fraction of sp³-hybridized carbons (Fsp3) is 0.118. The second-order valence-electron chi connectivity index (χ2n) is 5.60. The molecule has 0 fully saturated rings. The molecule has 0 atom stereocenters. The van der Waals surface area contributed by atoms with E-state index in [9.17, 15) is 13.6 Å². The van der Waals surface area contributed by atoms with E-state index < -0.39 is 12.5 Å². The second kappa shape index (κ2) is 7.27. The van der Waals surface area contributed by atoms with Crippen LogP contribution in [0.25, 0.3) is 17.0 Å². The van der Waals surface area contributed by atoms with Gasteiger partial charge in [0, 0.05) is 22.8 Å². The molecule has 4 rings (SSSR count). The van der Waals surface area contributed by atoms with Gasteiger partial charge in [-0.15, -0.1) is 16.4 Å². The normalized spacial score (nSPS) is 11.1. The van der Waals surface area contributed by atoms with Crippen molar-refractivity contribution in [3.8, 4) is 17.0 Å². The highest BCUT2D eigenvalue weighted by atomic mass is 32.1. The maximum Gasteiger partial charge on any atom is 0.387 e. The molecular formula is C17H12F2N6O2S. The van der Waals surface area contributed by atoms with Gasteiger partial charge in [-0.25, -0.2) is 14.5 Å². The molecule has 0 saturated carbocycles. The number of carbonyl (C=O) groups excluding carboxylic acids is 1. The van der Waals surface area contributed by atoms with Crippen molar-refractivity contribution in [2.24, 2.45) is 0 Å². The van der Waals surface area contributed by atoms with Crippen molar-refractivity contribution in [1.82, 2.24) is 24.6 Å². The minimum Gasteiger partial charge on any atom is -0.434 e. The number of thiazole rings is 1. The van der Waals surface area contributed by atoms with Crippen LogP contribution in [0.15, 0.2) is 41.9 Å². The first-order valence-electron chi connectivity index (χ1n) is 8.01. The van der Waals surface area contributed by atoms with Crippen molar-refractivity contribution in [1.29, 1.82) is 0 Å². The predicted octanol–water partition coefficient (Wildman–Crippen LogP) is 3.41. The summed E-state index contributed by atoms with van der Waals surface area (Å²) in [5, 5.41) is 8.63. The third kappa shape index (κ3) is 3.51. The van der Waals surface area contributed by atoms with Crippen LogP contribution >= 0.6 is 11.3 Å².